The van der Waals surface area contributed by atoms with Crippen LogP contribution in [0.15, 0.2) is 0 Å². The second-order valence-electron chi connectivity index (χ2n) is 4.19. The van der Waals surface area contributed by atoms with Crippen LogP contribution >= 0.6 is 0 Å². The van der Waals surface area contributed by atoms with Crippen LogP contribution in [-0.4, -0.2) is 59.3 Å². The van der Waals surface area contributed by atoms with Gasteiger partial charge in [0, 0.05) is 13.1 Å². The molecule has 2 aliphatic rings. The summed E-state index contributed by atoms with van der Waals surface area (Å²) in [6, 6.07) is -0.480. The zero-order valence-electron chi connectivity index (χ0n) is 8.69. The van der Waals surface area contributed by atoms with Crippen molar-refractivity contribution in [3.8, 4) is 0 Å². The SMILES string of the molecule is CN1CCC2(CC1)NC(=O)N(CO)C2=O. The van der Waals surface area contributed by atoms with Crippen molar-refractivity contribution >= 4 is 11.9 Å². The van der Waals surface area contributed by atoms with Gasteiger partial charge in [-0.3, -0.25) is 4.79 Å². The number of imide groups is 1. The van der Waals surface area contributed by atoms with Crippen molar-refractivity contribution in [2.75, 3.05) is 26.9 Å². The van der Waals surface area contributed by atoms with E-state index in [0.29, 0.717) is 12.8 Å². The highest BCUT2D eigenvalue weighted by Gasteiger charge is 2.51. The first-order valence-electron chi connectivity index (χ1n) is 5.02. The highest BCUT2D eigenvalue weighted by atomic mass is 16.3. The Kier molecular flexibility index (Phi) is 2.40. The van der Waals surface area contributed by atoms with Crippen LogP contribution in [-0.2, 0) is 4.79 Å². The predicted molar refractivity (Wildman–Crippen MR) is 51.9 cm³/mol. The Morgan fingerprint density at radius 3 is 2.47 bits per heavy atom. The lowest BCUT2D eigenvalue weighted by atomic mass is 9.88. The molecule has 15 heavy (non-hydrogen) atoms. The van der Waals surface area contributed by atoms with Crippen LogP contribution in [0.25, 0.3) is 0 Å². The highest BCUT2D eigenvalue weighted by molar-refractivity contribution is 6.07. The van der Waals surface area contributed by atoms with E-state index >= 15 is 0 Å². The molecule has 6 heteroatoms. The van der Waals surface area contributed by atoms with Crippen molar-refractivity contribution in [1.82, 2.24) is 15.1 Å². The van der Waals surface area contributed by atoms with Gasteiger partial charge in [0.05, 0.1) is 0 Å². The minimum atomic E-state index is -0.758. The summed E-state index contributed by atoms with van der Waals surface area (Å²) in [6.07, 6.45) is 1.23. The lowest BCUT2D eigenvalue weighted by molar-refractivity contribution is -0.135. The van der Waals surface area contributed by atoms with E-state index in [1.807, 2.05) is 7.05 Å². The van der Waals surface area contributed by atoms with E-state index in [1.54, 1.807) is 0 Å². The van der Waals surface area contributed by atoms with Gasteiger partial charge in [-0.1, -0.05) is 0 Å². The number of urea groups is 1. The topological polar surface area (TPSA) is 72.9 Å². The van der Waals surface area contributed by atoms with Crippen LogP contribution in [0.4, 0.5) is 4.79 Å². The van der Waals surface area contributed by atoms with E-state index in [-0.39, 0.29) is 5.91 Å². The number of aliphatic hydroxyl groups excluding tert-OH is 1. The Hall–Kier alpha value is -1.14. The van der Waals surface area contributed by atoms with Crippen LogP contribution in [0, 0.1) is 0 Å². The molecule has 2 fully saturated rings. The summed E-state index contributed by atoms with van der Waals surface area (Å²) in [5.41, 5.74) is -0.758. The molecule has 0 aromatic carbocycles. The summed E-state index contributed by atoms with van der Waals surface area (Å²) in [5, 5.41) is 11.6. The number of nitrogens with zero attached hydrogens (tertiary/aromatic N) is 2. The predicted octanol–water partition coefficient (Wildman–Crippen LogP) is -1.05. The number of carbonyl (C=O) groups is 2. The summed E-state index contributed by atoms with van der Waals surface area (Å²) >= 11 is 0. The number of carbonyl (C=O) groups excluding carboxylic acids is 2. The maximum atomic E-state index is 11.9. The monoisotopic (exact) mass is 213 g/mol. The van der Waals surface area contributed by atoms with Crippen LogP contribution in [0.1, 0.15) is 12.8 Å². The van der Waals surface area contributed by atoms with Gasteiger partial charge in [0.25, 0.3) is 5.91 Å². The number of hydrogen-bond donors (Lipinski definition) is 2. The van der Waals surface area contributed by atoms with Crippen LogP contribution < -0.4 is 5.32 Å². The van der Waals surface area contributed by atoms with Crippen molar-refractivity contribution in [2.45, 2.75) is 18.4 Å². The van der Waals surface area contributed by atoms with Gasteiger partial charge in [0.1, 0.15) is 12.3 Å². The third-order valence-electron chi connectivity index (χ3n) is 3.23. The number of likely N-dealkylation sites (tertiary alicyclic amines) is 1. The van der Waals surface area contributed by atoms with Gasteiger partial charge in [0.15, 0.2) is 0 Å². The second-order valence-corrected chi connectivity index (χ2v) is 4.19. The zero-order chi connectivity index (χ0) is 11.1. The van der Waals surface area contributed by atoms with Crippen molar-refractivity contribution < 1.29 is 14.7 Å². The van der Waals surface area contributed by atoms with Gasteiger partial charge in [-0.2, -0.15) is 0 Å². The number of rotatable bonds is 1. The van der Waals surface area contributed by atoms with Crippen LogP contribution in [0.5, 0.6) is 0 Å². The summed E-state index contributed by atoms with van der Waals surface area (Å²) in [4.78, 5) is 26.3. The molecule has 0 atom stereocenters. The molecule has 0 aliphatic carbocycles. The quantitative estimate of drug-likeness (QED) is 0.545. The maximum absolute atomic E-state index is 11.9. The van der Waals surface area contributed by atoms with Gasteiger partial charge in [-0.15, -0.1) is 0 Å². The molecule has 0 unspecified atom stereocenters. The molecule has 84 valence electrons. The largest absolute Gasteiger partial charge is 0.376 e. The number of hydrogen-bond acceptors (Lipinski definition) is 4. The fraction of sp³-hybridized carbons (Fsp3) is 0.778. The van der Waals surface area contributed by atoms with Crippen LogP contribution in [0.2, 0.25) is 0 Å². The van der Waals surface area contributed by atoms with Gasteiger partial charge >= 0.3 is 6.03 Å². The van der Waals surface area contributed by atoms with Gasteiger partial charge < -0.3 is 15.3 Å². The average molecular weight is 213 g/mol. The average Bonchev–Trinajstić information content (AvgIpc) is 2.44. The standard InChI is InChI=1S/C9H15N3O3/c1-11-4-2-9(3-5-11)7(14)12(6-13)8(15)10-9/h13H,2-6H2,1H3,(H,10,15). The molecular formula is C9H15N3O3. The summed E-state index contributed by atoms with van der Waals surface area (Å²) < 4.78 is 0. The molecule has 0 radical (unpaired) electrons. The Morgan fingerprint density at radius 2 is 2.00 bits per heavy atom. The molecule has 0 bridgehead atoms. The first kappa shape index (κ1) is 10.4. The molecule has 2 aliphatic heterocycles. The molecule has 2 N–H and O–H groups in total. The molecule has 1 spiro atoms. The van der Waals surface area contributed by atoms with E-state index in [4.69, 9.17) is 5.11 Å². The number of aliphatic hydroxyl groups is 1. The Balaban J connectivity index is 2.17. The minimum Gasteiger partial charge on any atom is -0.376 e. The zero-order valence-corrected chi connectivity index (χ0v) is 8.69. The maximum Gasteiger partial charge on any atom is 0.326 e. The molecular weight excluding hydrogens is 198 g/mol. The first-order valence-corrected chi connectivity index (χ1v) is 5.02. The number of amides is 3. The third-order valence-corrected chi connectivity index (χ3v) is 3.23. The van der Waals surface area contributed by atoms with E-state index in [0.717, 1.165) is 18.0 Å². The lowest BCUT2D eigenvalue weighted by Crippen LogP contribution is -2.54. The second kappa shape index (κ2) is 3.46. The highest BCUT2D eigenvalue weighted by Crippen LogP contribution is 2.28. The molecule has 2 rings (SSSR count). The summed E-state index contributed by atoms with van der Waals surface area (Å²) in [6.45, 7) is 1.03. The van der Waals surface area contributed by atoms with E-state index in [2.05, 4.69) is 10.2 Å². The summed E-state index contributed by atoms with van der Waals surface area (Å²) in [7, 11) is 1.98. The van der Waals surface area contributed by atoms with Gasteiger partial charge in [-0.25, -0.2) is 9.69 Å². The fourth-order valence-electron chi connectivity index (χ4n) is 2.14. The van der Waals surface area contributed by atoms with E-state index in [1.165, 1.54) is 0 Å². The Labute approximate surface area is 87.8 Å². The van der Waals surface area contributed by atoms with Gasteiger partial charge in [-0.05, 0) is 19.9 Å². The Morgan fingerprint density at radius 1 is 1.40 bits per heavy atom. The minimum absolute atomic E-state index is 0.289. The third kappa shape index (κ3) is 1.49. The van der Waals surface area contributed by atoms with Crippen molar-refractivity contribution in [2.24, 2.45) is 0 Å². The normalized spacial score (nSPS) is 26.1. The smallest absolute Gasteiger partial charge is 0.326 e. The molecule has 0 saturated carbocycles. The molecule has 6 nitrogen and oxygen atoms in total. The summed E-state index contributed by atoms with van der Waals surface area (Å²) in [5.74, 6) is -0.289. The van der Waals surface area contributed by atoms with Crippen molar-refractivity contribution in [3.05, 3.63) is 0 Å². The molecule has 2 heterocycles. The van der Waals surface area contributed by atoms with Crippen molar-refractivity contribution in [1.29, 1.82) is 0 Å². The van der Waals surface area contributed by atoms with Gasteiger partial charge in [0.2, 0.25) is 0 Å². The first-order chi connectivity index (χ1) is 7.09. The molecule has 0 aromatic heterocycles. The van der Waals surface area contributed by atoms with E-state index in [9.17, 15) is 9.59 Å². The number of piperidine rings is 1. The molecule has 0 aromatic rings. The molecule has 2 saturated heterocycles. The number of nitrogens with one attached hydrogen (secondary N) is 1. The Bertz CT molecular complexity index is 297. The van der Waals surface area contributed by atoms with Crippen molar-refractivity contribution in [3.63, 3.8) is 0 Å². The lowest BCUT2D eigenvalue weighted by Gasteiger charge is -2.35. The fourth-order valence-corrected chi connectivity index (χ4v) is 2.14. The van der Waals surface area contributed by atoms with E-state index < -0.39 is 18.3 Å². The van der Waals surface area contributed by atoms with Crippen LogP contribution in [0.3, 0.4) is 0 Å². The molecule has 3 amide bonds.